The summed E-state index contributed by atoms with van der Waals surface area (Å²) in [5, 5.41) is 18.6. The molecule has 0 bridgehead atoms. The van der Waals surface area contributed by atoms with Gasteiger partial charge < -0.3 is 10.2 Å². The lowest BCUT2D eigenvalue weighted by Crippen LogP contribution is -1.96. The number of phenols is 1. The number of carboxylic acids is 1. The van der Waals surface area contributed by atoms with Gasteiger partial charge in [0.25, 0.3) is 0 Å². The zero-order valence-electron chi connectivity index (χ0n) is 11.4. The first-order chi connectivity index (χ1) is 9.45. The van der Waals surface area contributed by atoms with E-state index in [2.05, 4.69) is 0 Å². The van der Waals surface area contributed by atoms with Gasteiger partial charge in [-0.15, -0.1) is 0 Å². The molecule has 2 N–H and O–H groups in total. The summed E-state index contributed by atoms with van der Waals surface area (Å²) < 4.78 is 0. The first-order valence-corrected chi connectivity index (χ1v) is 6.59. The van der Waals surface area contributed by atoms with Crippen molar-refractivity contribution in [1.82, 2.24) is 0 Å². The second-order valence-electron chi connectivity index (χ2n) is 4.26. The maximum atomic E-state index is 10.5. The number of benzene rings is 2. The molecule has 0 spiro atoms. The molecule has 0 aromatic heterocycles. The van der Waals surface area contributed by atoms with Crippen molar-refractivity contribution >= 4 is 17.6 Å². The minimum Gasteiger partial charge on any atom is -0.507 e. The van der Waals surface area contributed by atoms with Crippen LogP contribution in [0.1, 0.15) is 28.4 Å². The molecule has 20 heavy (non-hydrogen) atoms. The molecule has 0 amide bonds. The Labute approximate surface area is 123 Å². The molecule has 3 nitrogen and oxygen atoms in total. The molecule has 0 radical (unpaired) electrons. The third-order valence-electron chi connectivity index (χ3n) is 2.78. The highest BCUT2D eigenvalue weighted by Gasteiger charge is 2.08. The average molecular weight is 293 g/mol. The Bertz CT molecular complexity index is 573. The highest BCUT2D eigenvalue weighted by molar-refractivity contribution is 6.31. The molecular weight excluding hydrogens is 276 g/mol. The van der Waals surface area contributed by atoms with Crippen molar-refractivity contribution < 1.29 is 15.0 Å². The zero-order valence-corrected chi connectivity index (χ0v) is 12.2. The fourth-order valence-electron chi connectivity index (χ4n) is 1.53. The summed E-state index contributed by atoms with van der Waals surface area (Å²) in [6.07, 6.45) is 0.785. The third kappa shape index (κ3) is 4.59. The van der Waals surface area contributed by atoms with Gasteiger partial charge in [-0.05, 0) is 42.7 Å². The lowest BCUT2D eigenvalue weighted by atomic mass is 10.1. The Kier molecular flexibility index (Phi) is 6.07. The molecule has 0 aliphatic carbocycles. The Morgan fingerprint density at radius 3 is 2.25 bits per heavy atom. The molecule has 2 aromatic rings. The summed E-state index contributed by atoms with van der Waals surface area (Å²) in [5.41, 5.74) is 2.01. The zero-order chi connectivity index (χ0) is 15.1. The monoisotopic (exact) mass is 292 g/mol. The molecule has 0 saturated carbocycles. The number of aryl methyl sites for hydroxylation is 2. The molecule has 0 unspecified atom stereocenters. The molecule has 0 saturated heterocycles. The number of halogens is 1. The van der Waals surface area contributed by atoms with Crippen LogP contribution < -0.4 is 0 Å². The van der Waals surface area contributed by atoms with Crippen LogP contribution in [0.4, 0.5) is 0 Å². The summed E-state index contributed by atoms with van der Waals surface area (Å²) in [6.45, 7) is 3.93. The number of hydrogen-bond donors (Lipinski definition) is 2. The van der Waals surface area contributed by atoms with Gasteiger partial charge in [0.15, 0.2) is 0 Å². The predicted octanol–water partition coefficient (Wildman–Crippen LogP) is 4.30. The van der Waals surface area contributed by atoms with Crippen LogP contribution in [0.25, 0.3) is 0 Å². The van der Waals surface area contributed by atoms with Gasteiger partial charge in [0, 0.05) is 5.02 Å². The van der Waals surface area contributed by atoms with Crippen LogP contribution in [-0.4, -0.2) is 16.2 Å². The van der Waals surface area contributed by atoms with Crippen molar-refractivity contribution in [2.45, 2.75) is 20.3 Å². The Hall–Kier alpha value is -2.00. The van der Waals surface area contributed by atoms with Gasteiger partial charge in [-0.2, -0.15) is 0 Å². The fraction of sp³-hybridized carbons (Fsp3) is 0.188. The Balaban J connectivity index is 0.000000217. The largest absolute Gasteiger partial charge is 0.507 e. The second-order valence-corrected chi connectivity index (χ2v) is 4.67. The maximum absolute atomic E-state index is 10.5. The van der Waals surface area contributed by atoms with Gasteiger partial charge in [-0.3, -0.25) is 0 Å². The summed E-state index contributed by atoms with van der Waals surface area (Å²) >= 11 is 5.71. The molecule has 0 heterocycles. The van der Waals surface area contributed by atoms with E-state index in [0.29, 0.717) is 0 Å². The van der Waals surface area contributed by atoms with Crippen LogP contribution in [-0.2, 0) is 6.42 Å². The van der Waals surface area contributed by atoms with Gasteiger partial charge in [-0.1, -0.05) is 42.8 Å². The highest BCUT2D eigenvalue weighted by atomic mass is 35.5. The van der Waals surface area contributed by atoms with Crippen LogP contribution >= 0.6 is 11.6 Å². The molecule has 2 aromatic carbocycles. The lowest BCUT2D eigenvalue weighted by molar-refractivity contribution is 0.0693. The fourth-order valence-corrected chi connectivity index (χ4v) is 1.66. The first-order valence-electron chi connectivity index (χ1n) is 6.22. The average Bonchev–Trinajstić information content (AvgIpc) is 2.42. The summed E-state index contributed by atoms with van der Waals surface area (Å²) in [4.78, 5) is 10.5. The number of hydrogen-bond acceptors (Lipinski definition) is 2. The van der Waals surface area contributed by atoms with Gasteiger partial charge in [0.05, 0.1) is 0 Å². The predicted molar refractivity (Wildman–Crippen MR) is 80.6 cm³/mol. The topological polar surface area (TPSA) is 57.5 Å². The standard InChI is InChI=1S/C9H10O3.C7H7Cl/c1-2-6-3-4-7(9(11)12)8(10)5-6;1-6-4-2-3-5-7(6)8/h3-5,10H,2H2,1H3,(H,11,12);2-5H,1H3. The number of aromatic hydroxyl groups is 1. The van der Waals surface area contributed by atoms with Crippen molar-refractivity contribution in [2.75, 3.05) is 0 Å². The third-order valence-corrected chi connectivity index (χ3v) is 3.20. The van der Waals surface area contributed by atoms with E-state index in [4.69, 9.17) is 16.7 Å². The molecular formula is C16H17ClO3. The summed E-state index contributed by atoms with van der Waals surface area (Å²) in [7, 11) is 0. The van der Waals surface area contributed by atoms with E-state index >= 15 is 0 Å². The highest BCUT2D eigenvalue weighted by Crippen LogP contribution is 2.18. The minimum atomic E-state index is -1.10. The minimum absolute atomic E-state index is 0.0489. The first kappa shape index (κ1) is 16.1. The Morgan fingerprint density at radius 1 is 1.20 bits per heavy atom. The number of carbonyl (C=O) groups is 1. The smallest absolute Gasteiger partial charge is 0.339 e. The quantitative estimate of drug-likeness (QED) is 0.867. The van der Waals surface area contributed by atoms with Gasteiger partial charge in [0.2, 0.25) is 0 Å². The van der Waals surface area contributed by atoms with Crippen molar-refractivity contribution in [3.63, 3.8) is 0 Å². The van der Waals surface area contributed by atoms with Crippen LogP contribution in [0.5, 0.6) is 5.75 Å². The van der Waals surface area contributed by atoms with Gasteiger partial charge >= 0.3 is 5.97 Å². The van der Waals surface area contributed by atoms with E-state index in [9.17, 15) is 9.90 Å². The van der Waals surface area contributed by atoms with Crippen LogP contribution in [0.3, 0.4) is 0 Å². The molecule has 0 aliphatic rings. The second kappa shape index (κ2) is 7.56. The van der Waals surface area contributed by atoms with Crippen molar-refractivity contribution in [2.24, 2.45) is 0 Å². The van der Waals surface area contributed by atoms with E-state index < -0.39 is 5.97 Å². The molecule has 0 aliphatic heterocycles. The van der Waals surface area contributed by atoms with E-state index in [1.165, 1.54) is 12.1 Å². The van der Waals surface area contributed by atoms with E-state index in [-0.39, 0.29) is 11.3 Å². The van der Waals surface area contributed by atoms with Crippen LogP contribution in [0, 0.1) is 6.92 Å². The lowest BCUT2D eigenvalue weighted by Gasteiger charge is -2.01. The molecule has 0 atom stereocenters. The van der Waals surface area contributed by atoms with Crippen molar-refractivity contribution in [3.8, 4) is 5.75 Å². The number of rotatable bonds is 2. The van der Waals surface area contributed by atoms with Crippen LogP contribution in [0.2, 0.25) is 5.02 Å². The summed E-state index contributed by atoms with van der Waals surface area (Å²) in [5.74, 6) is -1.27. The molecule has 2 rings (SSSR count). The number of aromatic carboxylic acids is 1. The number of carboxylic acid groups (broad SMARTS) is 1. The van der Waals surface area contributed by atoms with Gasteiger partial charge in [-0.25, -0.2) is 4.79 Å². The normalized spacial score (nSPS) is 9.55. The SMILES string of the molecule is CCc1ccc(C(=O)O)c(O)c1.Cc1ccccc1Cl. The van der Waals surface area contributed by atoms with E-state index in [0.717, 1.165) is 22.6 Å². The molecule has 0 fully saturated rings. The molecule has 4 heteroatoms. The Morgan fingerprint density at radius 2 is 1.85 bits per heavy atom. The van der Waals surface area contributed by atoms with Crippen molar-refractivity contribution in [1.29, 1.82) is 0 Å². The van der Waals surface area contributed by atoms with Crippen molar-refractivity contribution in [3.05, 3.63) is 64.2 Å². The van der Waals surface area contributed by atoms with Gasteiger partial charge in [0.1, 0.15) is 11.3 Å². The van der Waals surface area contributed by atoms with Crippen LogP contribution in [0.15, 0.2) is 42.5 Å². The van der Waals surface area contributed by atoms with E-state index in [1.54, 1.807) is 6.07 Å². The maximum Gasteiger partial charge on any atom is 0.339 e. The van der Waals surface area contributed by atoms with E-state index in [1.807, 2.05) is 38.1 Å². The summed E-state index contributed by atoms with van der Waals surface area (Å²) in [6, 6.07) is 12.4. The molecule has 106 valence electrons.